The van der Waals surface area contributed by atoms with Gasteiger partial charge in [-0.05, 0) is 21.5 Å². The Kier molecular flexibility index (Phi) is 4.56. The summed E-state index contributed by atoms with van der Waals surface area (Å²) in [7, 11) is 0. The van der Waals surface area contributed by atoms with Gasteiger partial charge in [-0.1, -0.05) is 84.9 Å². The molecule has 1 nitrogen and oxygen atoms in total. The Morgan fingerprint density at radius 1 is 0.455 bits per heavy atom. The fraction of sp³-hybridized carbons (Fsp3) is 0. The van der Waals surface area contributed by atoms with Crippen LogP contribution in [-0.2, 0) is 32.7 Å². The standard InChI is InChI=1S/C20H14N.Y/c1-3-11-17-15(7-1)9-5-13-19(17)21-20-14-6-10-16-8-2-4-12-18(16)20;/h1-14H;/q-1;. The molecule has 0 aromatic heterocycles. The SMILES string of the molecule is [Y].c1ccc2c([N-]c3cccc4ccccc34)cccc2c1. The maximum absolute atomic E-state index is 4.90. The molecule has 0 aliphatic heterocycles. The van der Waals surface area contributed by atoms with Crippen LogP contribution >= 0.6 is 0 Å². The summed E-state index contributed by atoms with van der Waals surface area (Å²) in [5.74, 6) is 0. The second-order valence-corrected chi connectivity index (χ2v) is 5.11. The van der Waals surface area contributed by atoms with Crippen molar-refractivity contribution in [3.63, 3.8) is 0 Å². The molecule has 0 heterocycles. The number of hydrogen-bond donors (Lipinski definition) is 0. The van der Waals surface area contributed by atoms with Gasteiger partial charge in [0.05, 0.1) is 0 Å². The van der Waals surface area contributed by atoms with E-state index in [9.17, 15) is 0 Å². The van der Waals surface area contributed by atoms with Crippen LogP contribution in [-0.4, -0.2) is 0 Å². The summed E-state index contributed by atoms with van der Waals surface area (Å²) in [4.78, 5) is 0. The van der Waals surface area contributed by atoms with Crippen LogP contribution in [0.15, 0.2) is 84.9 Å². The molecule has 0 saturated heterocycles. The summed E-state index contributed by atoms with van der Waals surface area (Å²) in [5, 5.41) is 9.72. The summed E-state index contributed by atoms with van der Waals surface area (Å²) >= 11 is 0. The molecule has 0 atom stereocenters. The van der Waals surface area contributed by atoms with Crippen LogP contribution in [0.25, 0.3) is 26.9 Å². The number of rotatable bonds is 2. The maximum Gasteiger partial charge on any atom is 0 e. The first-order chi connectivity index (χ1) is 10.4. The van der Waals surface area contributed by atoms with E-state index in [1.807, 2.05) is 0 Å². The zero-order valence-corrected chi connectivity index (χ0v) is 14.9. The summed E-state index contributed by atoms with van der Waals surface area (Å²) < 4.78 is 0. The minimum absolute atomic E-state index is 0. The fourth-order valence-electron chi connectivity index (χ4n) is 2.74. The summed E-state index contributed by atoms with van der Waals surface area (Å²) in [6.07, 6.45) is 0. The van der Waals surface area contributed by atoms with Crippen LogP contribution in [0, 0.1) is 0 Å². The molecule has 4 aromatic rings. The van der Waals surface area contributed by atoms with Crippen molar-refractivity contribution < 1.29 is 32.7 Å². The van der Waals surface area contributed by atoms with E-state index in [0.29, 0.717) is 0 Å². The molecule has 4 rings (SSSR count). The first-order valence-corrected chi connectivity index (χ1v) is 7.09. The van der Waals surface area contributed by atoms with Crippen LogP contribution in [0.3, 0.4) is 0 Å². The molecule has 22 heavy (non-hydrogen) atoms. The molecule has 0 aliphatic rings. The third kappa shape index (κ3) is 2.79. The average molecular weight is 357 g/mol. The van der Waals surface area contributed by atoms with Crippen LogP contribution in [0.1, 0.15) is 0 Å². The molecular weight excluding hydrogens is 343 g/mol. The molecule has 0 bridgehead atoms. The van der Waals surface area contributed by atoms with Gasteiger partial charge in [-0.2, -0.15) is 0 Å². The van der Waals surface area contributed by atoms with Gasteiger partial charge < -0.3 is 5.32 Å². The third-order valence-corrected chi connectivity index (χ3v) is 3.77. The van der Waals surface area contributed by atoms with Crippen LogP contribution < -0.4 is 0 Å². The molecule has 2 heteroatoms. The Morgan fingerprint density at radius 3 is 1.36 bits per heavy atom. The molecule has 0 amide bonds. The number of benzene rings is 4. The second kappa shape index (κ2) is 6.60. The van der Waals surface area contributed by atoms with Gasteiger partial charge in [0.15, 0.2) is 0 Å². The minimum atomic E-state index is 0. The zero-order valence-electron chi connectivity index (χ0n) is 12.1. The van der Waals surface area contributed by atoms with E-state index in [2.05, 4.69) is 84.9 Å². The van der Waals surface area contributed by atoms with E-state index in [1.165, 1.54) is 21.5 Å². The van der Waals surface area contributed by atoms with E-state index in [1.54, 1.807) is 0 Å². The number of fused-ring (bicyclic) bond motifs is 2. The third-order valence-electron chi connectivity index (χ3n) is 3.77. The van der Waals surface area contributed by atoms with Crippen molar-refractivity contribution >= 4 is 32.9 Å². The van der Waals surface area contributed by atoms with E-state index >= 15 is 0 Å². The van der Waals surface area contributed by atoms with Crippen molar-refractivity contribution in [1.29, 1.82) is 0 Å². The summed E-state index contributed by atoms with van der Waals surface area (Å²) in [6.45, 7) is 0. The van der Waals surface area contributed by atoms with Crippen molar-refractivity contribution in [1.82, 2.24) is 0 Å². The smallest absolute Gasteiger partial charge is 0 e. The molecule has 0 aliphatic carbocycles. The minimum Gasteiger partial charge on any atom is -0.657 e. The van der Waals surface area contributed by atoms with Gasteiger partial charge in [-0.25, -0.2) is 0 Å². The number of nitrogens with zero attached hydrogens (tertiary/aromatic N) is 1. The van der Waals surface area contributed by atoms with E-state index in [-0.39, 0.29) is 32.7 Å². The van der Waals surface area contributed by atoms with Crippen molar-refractivity contribution in [2.24, 2.45) is 0 Å². The topological polar surface area (TPSA) is 14.1 Å². The molecule has 0 N–H and O–H groups in total. The Balaban J connectivity index is 0.00000144. The van der Waals surface area contributed by atoms with E-state index in [0.717, 1.165) is 11.4 Å². The zero-order chi connectivity index (χ0) is 14.1. The van der Waals surface area contributed by atoms with Gasteiger partial charge >= 0.3 is 0 Å². The monoisotopic (exact) mass is 357 g/mol. The maximum atomic E-state index is 4.90. The predicted molar refractivity (Wildman–Crippen MR) is 90.6 cm³/mol. The summed E-state index contributed by atoms with van der Waals surface area (Å²) in [6, 6.07) is 29.2. The predicted octanol–water partition coefficient (Wildman–Crippen LogP) is 6.33. The van der Waals surface area contributed by atoms with Gasteiger partial charge in [-0.15, -0.1) is 11.4 Å². The second-order valence-electron chi connectivity index (χ2n) is 5.11. The van der Waals surface area contributed by atoms with E-state index < -0.39 is 0 Å². The molecule has 0 fully saturated rings. The van der Waals surface area contributed by atoms with Gasteiger partial charge in [0, 0.05) is 32.7 Å². The Morgan fingerprint density at radius 2 is 0.864 bits per heavy atom. The quantitative estimate of drug-likeness (QED) is 0.398. The first kappa shape index (κ1) is 15.2. The average Bonchev–Trinajstić information content (AvgIpc) is 2.56. The van der Waals surface area contributed by atoms with Gasteiger partial charge in [0.1, 0.15) is 0 Å². The Labute approximate surface area is 155 Å². The van der Waals surface area contributed by atoms with Gasteiger partial charge in [0.2, 0.25) is 0 Å². The van der Waals surface area contributed by atoms with Crippen molar-refractivity contribution in [2.75, 3.05) is 0 Å². The van der Waals surface area contributed by atoms with Crippen LogP contribution in [0.4, 0.5) is 11.4 Å². The van der Waals surface area contributed by atoms with Crippen molar-refractivity contribution in [3.8, 4) is 0 Å². The largest absolute Gasteiger partial charge is 0.657 e. The molecule has 1 radical (unpaired) electrons. The van der Waals surface area contributed by atoms with Crippen LogP contribution in [0.5, 0.6) is 0 Å². The normalized spacial score (nSPS) is 10.4. The van der Waals surface area contributed by atoms with Crippen molar-refractivity contribution in [2.45, 2.75) is 0 Å². The Bertz CT molecular complexity index is 843. The molecule has 103 valence electrons. The molecule has 0 unspecified atom stereocenters. The van der Waals surface area contributed by atoms with Crippen LogP contribution in [0.2, 0.25) is 0 Å². The summed E-state index contributed by atoms with van der Waals surface area (Å²) in [5.41, 5.74) is 2.04. The molecule has 0 saturated carbocycles. The number of hydrogen-bond acceptors (Lipinski definition) is 0. The molecule has 0 spiro atoms. The van der Waals surface area contributed by atoms with Crippen molar-refractivity contribution in [3.05, 3.63) is 90.2 Å². The fourth-order valence-corrected chi connectivity index (χ4v) is 2.74. The first-order valence-electron chi connectivity index (χ1n) is 7.09. The Hall–Kier alpha value is -1.70. The van der Waals surface area contributed by atoms with Gasteiger partial charge in [-0.3, -0.25) is 0 Å². The van der Waals surface area contributed by atoms with Gasteiger partial charge in [0.25, 0.3) is 0 Å². The molecular formula is C20H14NY-. The molecule has 4 aromatic carbocycles. The van der Waals surface area contributed by atoms with E-state index in [4.69, 9.17) is 5.32 Å².